The maximum absolute atomic E-state index is 5.85. The molecule has 1 N–H and O–H groups in total. The molecule has 0 spiro atoms. The van der Waals surface area contributed by atoms with Gasteiger partial charge in [-0.1, -0.05) is 11.6 Å². The molecule has 1 aromatic carbocycles. The Morgan fingerprint density at radius 2 is 2.05 bits per heavy atom. The minimum absolute atomic E-state index is 0.641. The molecule has 0 saturated heterocycles. The normalized spacial score (nSPS) is 14.3. The van der Waals surface area contributed by atoms with Crippen LogP contribution >= 0.6 is 11.6 Å². The number of nitrogens with one attached hydrogen (secondary N) is 1. The maximum atomic E-state index is 5.85. The van der Waals surface area contributed by atoms with Crippen LogP contribution in [0.15, 0.2) is 36.5 Å². The van der Waals surface area contributed by atoms with Gasteiger partial charge in [-0.2, -0.15) is 0 Å². The molecule has 0 bridgehead atoms. The SMILES string of the molecule is Cc1cc(CNC2CC2)cnc1Oc1ccc(Cl)cc1. The van der Waals surface area contributed by atoms with Crippen molar-refractivity contribution in [1.82, 2.24) is 10.3 Å². The topological polar surface area (TPSA) is 34.2 Å². The molecule has 1 aromatic heterocycles. The van der Waals surface area contributed by atoms with Crippen LogP contribution in [0.5, 0.6) is 11.6 Å². The van der Waals surface area contributed by atoms with Gasteiger partial charge in [0.15, 0.2) is 0 Å². The van der Waals surface area contributed by atoms with Gasteiger partial charge in [-0.15, -0.1) is 0 Å². The van der Waals surface area contributed by atoms with Crippen LogP contribution in [-0.2, 0) is 6.54 Å². The molecule has 0 unspecified atom stereocenters. The van der Waals surface area contributed by atoms with Crippen LogP contribution < -0.4 is 10.1 Å². The van der Waals surface area contributed by atoms with Crippen LogP contribution in [0.1, 0.15) is 24.0 Å². The number of aryl methyl sites for hydroxylation is 1. The molecule has 4 heteroatoms. The lowest BCUT2D eigenvalue weighted by Crippen LogP contribution is -2.15. The lowest BCUT2D eigenvalue weighted by Gasteiger charge is -2.09. The molecule has 0 radical (unpaired) electrons. The van der Waals surface area contributed by atoms with Crippen LogP contribution in [0.4, 0.5) is 0 Å². The molecule has 3 rings (SSSR count). The third kappa shape index (κ3) is 3.50. The molecule has 3 nitrogen and oxygen atoms in total. The Bertz CT molecular complexity index is 594. The first-order valence-electron chi connectivity index (χ1n) is 6.83. The minimum atomic E-state index is 0.641. The van der Waals surface area contributed by atoms with Gasteiger partial charge in [-0.3, -0.25) is 0 Å². The van der Waals surface area contributed by atoms with Crippen LogP contribution in [0.25, 0.3) is 0 Å². The van der Waals surface area contributed by atoms with Crippen molar-refractivity contribution in [3.63, 3.8) is 0 Å². The fourth-order valence-electron chi connectivity index (χ4n) is 1.99. The van der Waals surface area contributed by atoms with Crippen molar-refractivity contribution < 1.29 is 4.74 Å². The minimum Gasteiger partial charge on any atom is -0.439 e. The average molecular weight is 289 g/mol. The van der Waals surface area contributed by atoms with Crippen molar-refractivity contribution in [2.45, 2.75) is 32.4 Å². The van der Waals surface area contributed by atoms with Crippen LogP contribution in [0, 0.1) is 6.92 Å². The summed E-state index contributed by atoms with van der Waals surface area (Å²) >= 11 is 5.85. The average Bonchev–Trinajstić information content (AvgIpc) is 3.26. The van der Waals surface area contributed by atoms with E-state index in [1.807, 2.05) is 25.3 Å². The van der Waals surface area contributed by atoms with E-state index in [2.05, 4.69) is 16.4 Å². The number of rotatable bonds is 5. The van der Waals surface area contributed by atoms with Crippen LogP contribution in [-0.4, -0.2) is 11.0 Å². The van der Waals surface area contributed by atoms with Crippen LogP contribution in [0.3, 0.4) is 0 Å². The molecule has 20 heavy (non-hydrogen) atoms. The largest absolute Gasteiger partial charge is 0.439 e. The fraction of sp³-hybridized carbons (Fsp3) is 0.312. The predicted octanol–water partition coefficient (Wildman–Crippen LogP) is 4.09. The predicted molar refractivity (Wildman–Crippen MR) is 80.4 cm³/mol. The zero-order chi connectivity index (χ0) is 13.9. The monoisotopic (exact) mass is 288 g/mol. The van der Waals surface area contributed by atoms with Gasteiger partial charge in [0, 0.05) is 29.4 Å². The second-order valence-corrected chi connectivity index (χ2v) is 5.61. The summed E-state index contributed by atoms with van der Waals surface area (Å²) in [5.41, 5.74) is 2.23. The maximum Gasteiger partial charge on any atom is 0.222 e. The first kappa shape index (κ1) is 13.4. The van der Waals surface area contributed by atoms with Gasteiger partial charge >= 0.3 is 0 Å². The van der Waals surface area contributed by atoms with E-state index < -0.39 is 0 Å². The summed E-state index contributed by atoms with van der Waals surface area (Å²) in [4.78, 5) is 4.40. The number of hydrogen-bond donors (Lipinski definition) is 1. The molecule has 0 amide bonds. The molecule has 0 atom stereocenters. The molecule has 1 saturated carbocycles. The number of aromatic nitrogens is 1. The summed E-state index contributed by atoms with van der Waals surface area (Å²) in [5, 5.41) is 4.18. The molecule has 1 aliphatic carbocycles. The number of ether oxygens (including phenoxy) is 1. The highest BCUT2D eigenvalue weighted by Gasteiger charge is 2.20. The first-order valence-corrected chi connectivity index (χ1v) is 7.21. The van der Waals surface area contributed by atoms with Crippen molar-refractivity contribution in [3.8, 4) is 11.6 Å². The van der Waals surface area contributed by atoms with Gasteiger partial charge in [-0.25, -0.2) is 4.98 Å². The first-order chi connectivity index (χ1) is 9.70. The summed E-state index contributed by atoms with van der Waals surface area (Å²) < 4.78 is 5.77. The van der Waals surface area contributed by atoms with Crippen molar-refractivity contribution in [2.24, 2.45) is 0 Å². The Balaban J connectivity index is 1.68. The van der Waals surface area contributed by atoms with Gasteiger partial charge < -0.3 is 10.1 Å². The highest BCUT2D eigenvalue weighted by atomic mass is 35.5. The molecule has 1 heterocycles. The van der Waals surface area contributed by atoms with Gasteiger partial charge in [0.2, 0.25) is 5.88 Å². The summed E-state index contributed by atoms with van der Waals surface area (Å²) in [6.07, 6.45) is 4.46. The number of pyridine rings is 1. The van der Waals surface area contributed by atoms with E-state index in [1.54, 1.807) is 12.1 Å². The number of benzene rings is 1. The number of halogens is 1. The van der Waals surface area contributed by atoms with Crippen molar-refractivity contribution >= 4 is 11.6 Å². The van der Waals surface area contributed by atoms with Crippen molar-refractivity contribution in [1.29, 1.82) is 0 Å². The number of nitrogens with zero attached hydrogens (tertiary/aromatic N) is 1. The van der Waals surface area contributed by atoms with Gasteiger partial charge in [0.1, 0.15) is 5.75 Å². The van der Waals surface area contributed by atoms with E-state index in [4.69, 9.17) is 16.3 Å². The highest BCUT2D eigenvalue weighted by Crippen LogP contribution is 2.25. The lowest BCUT2D eigenvalue weighted by molar-refractivity contribution is 0.458. The zero-order valence-electron chi connectivity index (χ0n) is 11.4. The highest BCUT2D eigenvalue weighted by molar-refractivity contribution is 6.30. The Labute approximate surface area is 123 Å². The molecule has 0 aliphatic heterocycles. The Hall–Kier alpha value is -1.58. The Morgan fingerprint density at radius 3 is 2.70 bits per heavy atom. The quantitative estimate of drug-likeness (QED) is 0.900. The lowest BCUT2D eigenvalue weighted by atomic mass is 10.2. The Kier molecular flexibility index (Phi) is 3.90. The molecular formula is C16H17ClN2O. The standard InChI is InChI=1S/C16H17ClN2O/c1-11-8-12(9-18-14-4-5-14)10-19-16(11)20-15-6-2-13(17)3-7-15/h2-3,6-8,10,14,18H,4-5,9H2,1H3. The number of hydrogen-bond acceptors (Lipinski definition) is 3. The summed E-state index contributed by atoms with van der Waals surface area (Å²) in [6.45, 7) is 2.89. The molecule has 1 aliphatic rings. The van der Waals surface area contributed by atoms with Gasteiger partial charge in [-0.05, 0) is 55.7 Å². The fourth-order valence-corrected chi connectivity index (χ4v) is 2.11. The molecule has 2 aromatic rings. The second-order valence-electron chi connectivity index (χ2n) is 5.18. The third-order valence-electron chi connectivity index (χ3n) is 3.29. The van der Waals surface area contributed by atoms with Gasteiger partial charge in [0.25, 0.3) is 0 Å². The van der Waals surface area contributed by atoms with Crippen LogP contribution in [0.2, 0.25) is 5.02 Å². The van der Waals surface area contributed by atoms with E-state index in [9.17, 15) is 0 Å². The molecule has 104 valence electrons. The van der Waals surface area contributed by atoms with Crippen molar-refractivity contribution in [3.05, 3.63) is 52.7 Å². The summed E-state index contributed by atoms with van der Waals surface area (Å²) in [6, 6.07) is 10.1. The van der Waals surface area contributed by atoms with Crippen molar-refractivity contribution in [2.75, 3.05) is 0 Å². The van der Waals surface area contributed by atoms with E-state index in [0.29, 0.717) is 16.9 Å². The molecular weight excluding hydrogens is 272 g/mol. The zero-order valence-corrected chi connectivity index (χ0v) is 12.2. The smallest absolute Gasteiger partial charge is 0.222 e. The van der Waals surface area contributed by atoms with E-state index in [1.165, 1.54) is 18.4 Å². The Morgan fingerprint density at radius 1 is 1.30 bits per heavy atom. The summed E-state index contributed by atoms with van der Waals surface area (Å²) in [7, 11) is 0. The second kappa shape index (κ2) is 5.81. The third-order valence-corrected chi connectivity index (χ3v) is 3.54. The van der Waals surface area contributed by atoms with E-state index >= 15 is 0 Å². The van der Waals surface area contributed by atoms with E-state index in [-0.39, 0.29) is 0 Å². The molecule has 1 fully saturated rings. The van der Waals surface area contributed by atoms with E-state index in [0.717, 1.165) is 17.9 Å². The van der Waals surface area contributed by atoms with Gasteiger partial charge in [0.05, 0.1) is 0 Å². The summed E-state index contributed by atoms with van der Waals surface area (Å²) in [5.74, 6) is 1.39.